The van der Waals surface area contributed by atoms with E-state index in [1.54, 1.807) is 4.90 Å². The lowest BCUT2D eigenvalue weighted by molar-refractivity contribution is -0.902. The molecule has 0 atom stereocenters. The zero-order chi connectivity index (χ0) is 14.3. The molecule has 1 aliphatic rings. The average molecular weight is 300 g/mol. The van der Waals surface area contributed by atoms with Crippen molar-refractivity contribution >= 4 is 11.8 Å². The van der Waals surface area contributed by atoms with Crippen molar-refractivity contribution in [3.05, 3.63) is 42.5 Å². The third kappa shape index (κ3) is 4.29. The van der Waals surface area contributed by atoms with Gasteiger partial charge in [0.25, 0.3) is 0 Å². The van der Waals surface area contributed by atoms with E-state index in [1.807, 2.05) is 30.0 Å². The molecule has 2 aromatic rings. The van der Waals surface area contributed by atoms with Crippen LogP contribution in [-0.2, 0) is 0 Å². The van der Waals surface area contributed by atoms with Crippen molar-refractivity contribution in [2.45, 2.75) is 24.3 Å². The number of piperidine rings is 1. The van der Waals surface area contributed by atoms with Crippen molar-refractivity contribution in [1.29, 1.82) is 0 Å². The van der Waals surface area contributed by atoms with Crippen LogP contribution in [0.15, 0.2) is 47.5 Å². The van der Waals surface area contributed by atoms with Crippen molar-refractivity contribution in [3.63, 3.8) is 0 Å². The Kier molecular flexibility index (Phi) is 5.24. The number of aromatic nitrogens is 2. The predicted octanol–water partition coefficient (Wildman–Crippen LogP) is 2.30. The molecule has 1 aliphatic heterocycles. The van der Waals surface area contributed by atoms with E-state index in [1.165, 1.54) is 38.9 Å². The van der Waals surface area contributed by atoms with E-state index >= 15 is 0 Å². The van der Waals surface area contributed by atoms with Crippen molar-refractivity contribution in [1.82, 2.24) is 10.2 Å². The Morgan fingerprint density at radius 1 is 0.905 bits per heavy atom. The van der Waals surface area contributed by atoms with E-state index in [2.05, 4.69) is 34.5 Å². The predicted molar refractivity (Wildman–Crippen MR) is 87.6 cm³/mol. The van der Waals surface area contributed by atoms with Crippen molar-refractivity contribution in [3.8, 4) is 11.3 Å². The van der Waals surface area contributed by atoms with Crippen LogP contribution in [0.3, 0.4) is 0 Å². The summed E-state index contributed by atoms with van der Waals surface area (Å²) in [6, 6.07) is 14.4. The highest BCUT2D eigenvalue weighted by Gasteiger charge is 2.13. The van der Waals surface area contributed by atoms with Gasteiger partial charge in [0.15, 0.2) is 0 Å². The molecule has 0 unspecified atom stereocenters. The maximum Gasteiger partial charge on any atom is 0.119 e. The maximum atomic E-state index is 4.34. The molecule has 1 fully saturated rings. The molecule has 0 spiro atoms. The Balaban J connectivity index is 1.50. The van der Waals surface area contributed by atoms with Gasteiger partial charge in [-0.2, -0.15) is 0 Å². The highest BCUT2D eigenvalue weighted by molar-refractivity contribution is 7.99. The normalized spacial score (nSPS) is 16.0. The van der Waals surface area contributed by atoms with Crippen LogP contribution in [0.25, 0.3) is 11.3 Å². The van der Waals surface area contributed by atoms with Crippen LogP contribution in [0.2, 0.25) is 0 Å². The Morgan fingerprint density at radius 3 is 2.43 bits per heavy atom. The summed E-state index contributed by atoms with van der Waals surface area (Å²) in [5, 5.41) is 9.71. The van der Waals surface area contributed by atoms with E-state index in [4.69, 9.17) is 0 Å². The first-order chi connectivity index (χ1) is 10.4. The number of nitrogens with one attached hydrogen (secondary N) is 1. The molecule has 0 bridgehead atoms. The number of benzene rings is 1. The average Bonchev–Trinajstić information content (AvgIpc) is 2.57. The summed E-state index contributed by atoms with van der Waals surface area (Å²) in [7, 11) is 0. The molecule has 0 amide bonds. The Hall–Kier alpha value is -1.39. The molecular formula is C17H22N3S+. The lowest BCUT2D eigenvalue weighted by atomic mass is 10.1. The quantitative estimate of drug-likeness (QED) is 0.860. The van der Waals surface area contributed by atoms with E-state index in [-0.39, 0.29) is 0 Å². The minimum Gasteiger partial charge on any atom is -0.334 e. The molecule has 2 heterocycles. The van der Waals surface area contributed by atoms with Crippen molar-refractivity contribution in [2.75, 3.05) is 25.4 Å². The Morgan fingerprint density at radius 2 is 1.71 bits per heavy atom. The minimum absolute atomic E-state index is 0.946. The molecule has 21 heavy (non-hydrogen) atoms. The molecule has 3 nitrogen and oxygen atoms in total. The standard InChI is InChI=1S/C17H21N3S/c1-3-7-15(8-4-1)16-9-10-17(19-18-16)21-14-13-20-11-5-2-6-12-20/h1,3-4,7-10H,2,5-6,11-14H2/p+1. The molecule has 0 saturated carbocycles. The van der Waals surface area contributed by atoms with Crippen molar-refractivity contribution in [2.24, 2.45) is 0 Å². The van der Waals surface area contributed by atoms with Gasteiger partial charge < -0.3 is 4.90 Å². The number of thioether (sulfide) groups is 1. The second-order valence-corrected chi connectivity index (χ2v) is 6.65. The summed E-state index contributed by atoms with van der Waals surface area (Å²) in [5.74, 6) is 1.13. The summed E-state index contributed by atoms with van der Waals surface area (Å²) in [5.41, 5.74) is 2.07. The molecule has 1 aromatic heterocycles. The highest BCUT2D eigenvalue weighted by atomic mass is 32.2. The fourth-order valence-electron chi connectivity index (χ4n) is 2.76. The van der Waals surface area contributed by atoms with Gasteiger partial charge in [-0.3, -0.25) is 0 Å². The zero-order valence-corrected chi connectivity index (χ0v) is 13.1. The lowest BCUT2D eigenvalue weighted by Gasteiger charge is -2.23. The topological polar surface area (TPSA) is 30.2 Å². The zero-order valence-electron chi connectivity index (χ0n) is 12.3. The summed E-state index contributed by atoms with van der Waals surface area (Å²) >= 11 is 1.82. The van der Waals surface area contributed by atoms with Crippen LogP contribution < -0.4 is 4.90 Å². The first-order valence-electron chi connectivity index (χ1n) is 7.77. The van der Waals surface area contributed by atoms with Gasteiger partial charge in [-0.05, 0) is 31.4 Å². The third-order valence-electron chi connectivity index (χ3n) is 3.98. The number of hydrogen-bond acceptors (Lipinski definition) is 3. The van der Waals surface area contributed by atoms with Gasteiger partial charge in [-0.1, -0.05) is 42.1 Å². The van der Waals surface area contributed by atoms with Gasteiger partial charge in [0.05, 0.1) is 25.3 Å². The highest BCUT2D eigenvalue weighted by Crippen LogP contribution is 2.18. The first-order valence-corrected chi connectivity index (χ1v) is 8.76. The lowest BCUT2D eigenvalue weighted by Crippen LogP contribution is -3.13. The minimum atomic E-state index is 0.946. The van der Waals surface area contributed by atoms with Crippen LogP contribution in [-0.4, -0.2) is 35.6 Å². The summed E-state index contributed by atoms with van der Waals surface area (Å²) in [4.78, 5) is 1.75. The van der Waals surface area contributed by atoms with Crippen LogP contribution in [0.4, 0.5) is 0 Å². The van der Waals surface area contributed by atoms with Gasteiger partial charge in [0.1, 0.15) is 5.03 Å². The number of likely N-dealkylation sites (tertiary alicyclic amines) is 1. The van der Waals surface area contributed by atoms with Crippen LogP contribution in [0.1, 0.15) is 19.3 Å². The Labute approximate surface area is 130 Å². The molecule has 3 rings (SSSR count). The van der Waals surface area contributed by atoms with Gasteiger partial charge in [0, 0.05) is 11.3 Å². The van der Waals surface area contributed by atoms with Crippen LogP contribution in [0.5, 0.6) is 0 Å². The molecule has 1 saturated heterocycles. The Bertz CT molecular complexity index is 536. The summed E-state index contributed by atoms with van der Waals surface area (Å²) in [6.45, 7) is 3.94. The number of hydrogen-bond donors (Lipinski definition) is 1. The largest absolute Gasteiger partial charge is 0.334 e. The molecule has 1 N–H and O–H groups in total. The summed E-state index contributed by atoms with van der Waals surface area (Å²) in [6.07, 6.45) is 4.21. The summed E-state index contributed by atoms with van der Waals surface area (Å²) < 4.78 is 0. The van der Waals surface area contributed by atoms with Gasteiger partial charge in [0.2, 0.25) is 0 Å². The fraction of sp³-hybridized carbons (Fsp3) is 0.412. The monoisotopic (exact) mass is 300 g/mol. The second kappa shape index (κ2) is 7.57. The number of rotatable bonds is 5. The van der Waals surface area contributed by atoms with E-state index in [0.29, 0.717) is 0 Å². The number of quaternary nitrogens is 1. The van der Waals surface area contributed by atoms with E-state index in [9.17, 15) is 0 Å². The second-order valence-electron chi connectivity index (χ2n) is 5.53. The third-order valence-corrected chi connectivity index (χ3v) is 4.90. The first kappa shape index (κ1) is 14.5. The smallest absolute Gasteiger partial charge is 0.119 e. The van der Waals surface area contributed by atoms with Gasteiger partial charge in [-0.25, -0.2) is 0 Å². The maximum absolute atomic E-state index is 4.34. The van der Waals surface area contributed by atoms with Crippen LogP contribution >= 0.6 is 11.8 Å². The molecular weight excluding hydrogens is 278 g/mol. The van der Waals surface area contributed by atoms with E-state index < -0.39 is 0 Å². The van der Waals surface area contributed by atoms with Gasteiger partial charge >= 0.3 is 0 Å². The molecule has 0 aliphatic carbocycles. The molecule has 110 valence electrons. The molecule has 0 radical (unpaired) electrons. The SMILES string of the molecule is c1ccc(-c2ccc(SCC[NH+]3CCCCC3)nn2)cc1. The van der Waals surface area contributed by atoms with Crippen molar-refractivity contribution < 1.29 is 4.90 Å². The van der Waals surface area contributed by atoms with Gasteiger partial charge in [-0.15, -0.1) is 10.2 Å². The molecule has 1 aromatic carbocycles. The molecule has 4 heteroatoms. The van der Waals surface area contributed by atoms with E-state index in [0.717, 1.165) is 22.0 Å². The number of nitrogens with zero attached hydrogens (tertiary/aromatic N) is 2. The fourth-order valence-corrected chi connectivity index (χ4v) is 3.62. The van der Waals surface area contributed by atoms with Crippen LogP contribution in [0, 0.1) is 0 Å².